The van der Waals surface area contributed by atoms with Gasteiger partial charge in [-0.15, -0.1) is 0 Å². The Kier molecular flexibility index (Phi) is 5.90. The molecular formula is C11H12F3NO4S2. The highest BCUT2D eigenvalue weighted by molar-refractivity contribution is 8.00. The first-order chi connectivity index (χ1) is 9.59. The zero-order valence-corrected chi connectivity index (χ0v) is 12.2. The molecule has 0 saturated carbocycles. The van der Waals surface area contributed by atoms with Crippen molar-refractivity contribution in [3.63, 3.8) is 0 Å². The van der Waals surface area contributed by atoms with E-state index in [-0.39, 0.29) is 23.4 Å². The van der Waals surface area contributed by atoms with E-state index in [0.29, 0.717) is 0 Å². The van der Waals surface area contributed by atoms with Crippen LogP contribution in [0.15, 0.2) is 29.2 Å². The zero-order chi connectivity index (χ0) is 16.1. The molecule has 0 atom stereocenters. The van der Waals surface area contributed by atoms with Gasteiger partial charge in [-0.3, -0.25) is 9.52 Å². The van der Waals surface area contributed by atoms with Crippen LogP contribution in [0.25, 0.3) is 0 Å². The topological polar surface area (TPSA) is 83.5 Å². The first kappa shape index (κ1) is 17.6. The number of nitrogens with one attached hydrogen (secondary N) is 1. The standard InChI is InChI=1S/C11H12F3NO4S2/c12-11(13,14)20-9-5-2-1-4-8(9)15-21(18,19)7-3-6-10(16)17/h1-2,4-5,15H,3,6-7H2,(H,16,17). The number of halogens is 3. The van der Waals surface area contributed by atoms with Gasteiger partial charge in [-0.25, -0.2) is 8.42 Å². The molecule has 1 aromatic carbocycles. The van der Waals surface area contributed by atoms with Crippen molar-refractivity contribution < 1.29 is 31.5 Å². The number of carboxylic acids is 1. The summed E-state index contributed by atoms with van der Waals surface area (Å²) in [5.41, 5.74) is -4.72. The number of para-hydroxylation sites is 1. The van der Waals surface area contributed by atoms with Gasteiger partial charge in [-0.2, -0.15) is 13.2 Å². The average molecular weight is 343 g/mol. The second-order valence-electron chi connectivity index (χ2n) is 3.96. The van der Waals surface area contributed by atoms with Crippen molar-refractivity contribution in [1.29, 1.82) is 0 Å². The summed E-state index contributed by atoms with van der Waals surface area (Å²) >= 11 is -0.424. The Morgan fingerprint density at radius 1 is 1.29 bits per heavy atom. The zero-order valence-electron chi connectivity index (χ0n) is 10.6. The number of benzene rings is 1. The summed E-state index contributed by atoms with van der Waals surface area (Å²) in [7, 11) is -3.90. The molecule has 0 radical (unpaired) electrons. The van der Waals surface area contributed by atoms with Gasteiger partial charge in [0.15, 0.2) is 0 Å². The fraction of sp³-hybridized carbons (Fsp3) is 0.364. The molecule has 0 fully saturated rings. The minimum atomic E-state index is -4.54. The molecule has 0 unspecified atom stereocenters. The largest absolute Gasteiger partial charge is 0.481 e. The predicted octanol–water partition coefficient (Wildman–Crippen LogP) is 2.91. The van der Waals surface area contributed by atoms with Crippen molar-refractivity contribution in [3.05, 3.63) is 24.3 Å². The second kappa shape index (κ2) is 7.03. The molecule has 1 aromatic rings. The molecule has 2 N–H and O–H groups in total. The van der Waals surface area contributed by atoms with Crippen LogP contribution in [-0.2, 0) is 14.8 Å². The number of carbonyl (C=O) groups is 1. The normalized spacial score (nSPS) is 12.1. The van der Waals surface area contributed by atoms with Crippen LogP contribution in [0.5, 0.6) is 0 Å². The van der Waals surface area contributed by atoms with Crippen LogP contribution in [-0.4, -0.2) is 30.8 Å². The summed E-state index contributed by atoms with van der Waals surface area (Å²) in [5, 5.41) is 8.43. The Labute approximate surface area is 123 Å². The minimum absolute atomic E-state index is 0.126. The van der Waals surface area contributed by atoms with Gasteiger partial charge in [0.2, 0.25) is 10.0 Å². The van der Waals surface area contributed by atoms with Gasteiger partial charge >= 0.3 is 11.5 Å². The summed E-state index contributed by atoms with van der Waals surface area (Å²) in [6.45, 7) is 0. The summed E-state index contributed by atoms with van der Waals surface area (Å²) in [6, 6.07) is 5.11. The first-order valence-corrected chi connectivity index (χ1v) is 8.13. The molecule has 1 rings (SSSR count). The smallest absolute Gasteiger partial charge is 0.446 e. The lowest BCUT2D eigenvalue weighted by molar-refractivity contribution is -0.137. The number of sulfonamides is 1. The van der Waals surface area contributed by atoms with Gasteiger partial charge in [-0.05, 0) is 30.3 Å². The molecular weight excluding hydrogens is 331 g/mol. The highest BCUT2D eigenvalue weighted by atomic mass is 32.2. The highest BCUT2D eigenvalue weighted by Crippen LogP contribution is 2.40. The molecule has 0 aliphatic carbocycles. The van der Waals surface area contributed by atoms with Crippen molar-refractivity contribution in [3.8, 4) is 0 Å². The average Bonchev–Trinajstić information content (AvgIpc) is 2.28. The third-order valence-corrected chi connectivity index (χ3v) is 4.35. The van der Waals surface area contributed by atoms with Gasteiger partial charge in [0, 0.05) is 11.3 Å². The van der Waals surface area contributed by atoms with Crippen molar-refractivity contribution in [2.24, 2.45) is 0 Å². The van der Waals surface area contributed by atoms with Gasteiger partial charge in [0.1, 0.15) is 0 Å². The van der Waals surface area contributed by atoms with E-state index in [1.165, 1.54) is 18.2 Å². The molecule has 0 aliphatic heterocycles. The number of anilines is 1. The lowest BCUT2D eigenvalue weighted by atomic mass is 10.3. The molecule has 21 heavy (non-hydrogen) atoms. The van der Waals surface area contributed by atoms with Gasteiger partial charge in [0.05, 0.1) is 11.4 Å². The first-order valence-electron chi connectivity index (χ1n) is 5.66. The van der Waals surface area contributed by atoms with E-state index in [9.17, 15) is 26.4 Å². The summed E-state index contributed by atoms with van der Waals surface area (Å²) in [4.78, 5) is 10.0. The Morgan fingerprint density at radius 2 is 1.90 bits per heavy atom. The summed E-state index contributed by atoms with van der Waals surface area (Å²) < 4.78 is 62.5. The minimum Gasteiger partial charge on any atom is -0.481 e. The number of carboxylic acid groups (broad SMARTS) is 1. The number of rotatable bonds is 7. The van der Waals surface area contributed by atoms with Gasteiger partial charge in [-0.1, -0.05) is 12.1 Å². The van der Waals surface area contributed by atoms with Crippen molar-refractivity contribution in [2.45, 2.75) is 23.2 Å². The molecule has 10 heteroatoms. The van der Waals surface area contributed by atoms with Gasteiger partial charge in [0.25, 0.3) is 0 Å². The quantitative estimate of drug-likeness (QED) is 0.744. The second-order valence-corrected chi connectivity index (χ2v) is 6.91. The summed E-state index contributed by atoms with van der Waals surface area (Å²) in [5.74, 6) is -1.62. The molecule has 0 heterocycles. The maximum atomic E-state index is 12.4. The van der Waals surface area contributed by atoms with E-state index in [4.69, 9.17) is 5.11 Å². The van der Waals surface area contributed by atoms with Crippen LogP contribution in [0.2, 0.25) is 0 Å². The van der Waals surface area contributed by atoms with Crippen LogP contribution in [0, 0.1) is 0 Å². The number of aliphatic carboxylic acids is 1. The molecule has 0 amide bonds. The van der Waals surface area contributed by atoms with Crippen molar-refractivity contribution in [1.82, 2.24) is 0 Å². The molecule has 0 spiro atoms. The Morgan fingerprint density at radius 3 is 2.48 bits per heavy atom. The van der Waals surface area contributed by atoms with Crippen molar-refractivity contribution >= 4 is 33.4 Å². The van der Waals surface area contributed by atoms with Crippen LogP contribution in [0.1, 0.15) is 12.8 Å². The van der Waals surface area contributed by atoms with E-state index in [1.807, 2.05) is 4.72 Å². The predicted molar refractivity (Wildman–Crippen MR) is 72.6 cm³/mol. The number of alkyl halides is 3. The Bertz CT molecular complexity index is 602. The molecule has 0 bridgehead atoms. The monoisotopic (exact) mass is 343 g/mol. The third kappa shape index (κ3) is 7.23. The van der Waals surface area contributed by atoms with E-state index in [1.54, 1.807) is 0 Å². The lowest BCUT2D eigenvalue weighted by Gasteiger charge is -2.13. The maximum absolute atomic E-state index is 12.4. The van der Waals surface area contributed by atoms with Crippen LogP contribution < -0.4 is 4.72 Å². The van der Waals surface area contributed by atoms with E-state index in [2.05, 4.69) is 0 Å². The Balaban J connectivity index is 2.80. The molecule has 0 aliphatic rings. The van der Waals surface area contributed by atoms with Crippen LogP contribution in [0.3, 0.4) is 0 Å². The molecule has 118 valence electrons. The maximum Gasteiger partial charge on any atom is 0.446 e. The SMILES string of the molecule is O=C(O)CCCS(=O)(=O)Nc1ccccc1SC(F)(F)F. The van der Waals surface area contributed by atoms with Gasteiger partial charge < -0.3 is 5.11 Å². The fourth-order valence-electron chi connectivity index (χ4n) is 1.40. The molecule has 5 nitrogen and oxygen atoms in total. The van der Waals surface area contributed by atoms with Crippen LogP contribution >= 0.6 is 11.8 Å². The molecule has 0 aromatic heterocycles. The number of hydrogen-bond acceptors (Lipinski definition) is 4. The van der Waals surface area contributed by atoms with E-state index >= 15 is 0 Å². The third-order valence-electron chi connectivity index (χ3n) is 2.18. The molecule has 0 saturated heterocycles. The highest BCUT2D eigenvalue weighted by Gasteiger charge is 2.30. The fourth-order valence-corrected chi connectivity index (χ4v) is 3.23. The van der Waals surface area contributed by atoms with E-state index < -0.39 is 39.0 Å². The number of hydrogen-bond donors (Lipinski definition) is 2. The number of thioether (sulfide) groups is 1. The van der Waals surface area contributed by atoms with Crippen molar-refractivity contribution in [2.75, 3.05) is 10.5 Å². The van der Waals surface area contributed by atoms with E-state index in [0.717, 1.165) is 6.07 Å². The summed E-state index contributed by atoms with van der Waals surface area (Å²) in [6.07, 6.45) is -0.459. The van der Waals surface area contributed by atoms with Crippen LogP contribution in [0.4, 0.5) is 18.9 Å². The Hall–Kier alpha value is -1.42. The lowest BCUT2D eigenvalue weighted by Crippen LogP contribution is -2.18.